The molecule has 0 aliphatic heterocycles. The molecule has 0 aliphatic rings. The summed E-state index contributed by atoms with van der Waals surface area (Å²) in [6, 6.07) is 2.79. The van der Waals surface area contributed by atoms with Crippen LogP contribution < -0.4 is 9.47 Å². The van der Waals surface area contributed by atoms with Crippen LogP contribution in [-0.4, -0.2) is 25.4 Å². The maximum absolute atomic E-state index is 10.9. The molecule has 0 bridgehead atoms. The number of hydrogen-bond acceptors (Lipinski definition) is 5. The minimum atomic E-state index is -0.624. The van der Waals surface area contributed by atoms with Crippen LogP contribution >= 0.6 is 15.9 Å². The third-order valence-electron chi connectivity index (χ3n) is 2.12. The second-order valence-electron chi connectivity index (χ2n) is 3.07. The lowest BCUT2D eigenvalue weighted by atomic mass is 10.1. The lowest BCUT2D eigenvalue weighted by Gasteiger charge is -2.11. The van der Waals surface area contributed by atoms with E-state index in [1.807, 2.05) is 0 Å². The Morgan fingerprint density at radius 1 is 1.41 bits per heavy atom. The van der Waals surface area contributed by atoms with Gasteiger partial charge in [-0.15, -0.1) is 0 Å². The Kier molecular flexibility index (Phi) is 4.45. The number of nitrogens with zero attached hydrogens (tertiary/aromatic N) is 1. The van der Waals surface area contributed by atoms with Crippen LogP contribution in [0.1, 0.15) is 10.4 Å². The standard InChI is InChI=1S/C10H10BrNO5/c1-16-9-4-6(7(11)5-13)3-8(12(14)15)10(9)17-2/h3-5,7H,1-2H3. The van der Waals surface area contributed by atoms with E-state index in [1.165, 1.54) is 26.4 Å². The van der Waals surface area contributed by atoms with Gasteiger partial charge < -0.3 is 14.3 Å². The summed E-state index contributed by atoms with van der Waals surface area (Å²) >= 11 is 3.09. The number of carbonyl (C=O) groups excluding carboxylic acids is 1. The number of benzene rings is 1. The molecule has 92 valence electrons. The quantitative estimate of drug-likeness (QED) is 0.361. The van der Waals surface area contributed by atoms with Crippen molar-refractivity contribution < 1.29 is 19.2 Å². The van der Waals surface area contributed by atoms with Gasteiger partial charge in [0.15, 0.2) is 5.75 Å². The lowest BCUT2D eigenvalue weighted by Crippen LogP contribution is -2.00. The number of rotatable bonds is 5. The van der Waals surface area contributed by atoms with Crippen molar-refractivity contribution in [1.29, 1.82) is 0 Å². The van der Waals surface area contributed by atoms with E-state index in [0.29, 0.717) is 11.8 Å². The second kappa shape index (κ2) is 5.62. The summed E-state index contributed by atoms with van der Waals surface area (Å²) in [7, 11) is 2.69. The Morgan fingerprint density at radius 3 is 2.47 bits per heavy atom. The number of nitro groups is 1. The zero-order valence-corrected chi connectivity index (χ0v) is 10.8. The van der Waals surface area contributed by atoms with Crippen LogP contribution in [0.2, 0.25) is 0 Å². The van der Waals surface area contributed by atoms with Crippen LogP contribution in [0.3, 0.4) is 0 Å². The van der Waals surface area contributed by atoms with E-state index in [4.69, 9.17) is 9.47 Å². The van der Waals surface area contributed by atoms with Crippen molar-refractivity contribution in [2.75, 3.05) is 14.2 Å². The molecule has 1 unspecified atom stereocenters. The first-order chi connectivity index (χ1) is 8.04. The van der Waals surface area contributed by atoms with Crippen LogP contribution in [0.5, 0.6) is 11.5 Å². The molecule has 0 spiro atoms. The number of halogens is 1. The normalized spacial score (nSPS) is 11.7. The third-order valence-corrected chi connectivity index (χ3v) is 2.86. The zero-order valence-electron chi connectivity index (χ0n) is 9.18. The first-order valence-corrected chi connectivity index (χ1v) is 5.46. The molecule has 1 aromatic rings. The largest absolute Gasteiger partial charge is 0.493 e. The van der Waals surface area contributed by atoms with E-state index in [9.17, 15) is 14.9 Å². The van der Waals surface area contributed by atoms with Gasteiger partial charge >= 0.3 is 5.69 Å². The third kappa shape index (κ3) is 2.73. The molecule has 7 heteroatoms. The van der Waals surface area contributed by atoms with Gasteiger partial charge in [0.2, 0.25) is 5.75 Å². The number of carbonyl (C=O) groups is 1. The Bertz CT molecular complexity index is 449. The van der Waals surface area contributed by atoms with Crippen molar-refractivity contribution in [2.45, 2.75) is 4.83 Å². The summed E-state index contributed by atoms with van der Waals surface area (Å²) in [4.78, 5) is 20.3. The van der Waals surface area contributed by atoms with Crippen molar-refractivity contribution in [3.63, 3.8) is 0 Å². The molecule has 0 saturated carbocycles. The number of hydrogen-bond donors (Lipinski definition) is 0. The molecule has 1 aromatic carbocycles. The van der Waals surface area contributed by atoms with Crippen LogP contribution in [0.25, 0.3) is 0 Å². The number of ether oxygens (including phenoxy) is 2. The summed E-state index contributed by atoms with van der Waals surface area (Å²) in [5, 5.41) is 10.9. The first kappa shape index (κ1) is 13.4. The monoisotopic (exact) mass is 303 g/mol. The Balaban J connectivity index is 3.44. The summed E-state index contributed by atoms with van der Waals surface area (Å²) < 4.78 is 9.92. The van der Waals surface area contributed by atoms with Gasteiger partial charge in [-0.05, 0) is 11.6 Å². The Morgan fingerprint density at radius 2 is 2.06 bits per heavy atom. The predicted molar refractivity (Wildman–Crippen MR) is 63.9 cm³/mol. The highest BCUT2D eigenvalue weighted by atomic mass is 79.9. The fraction of sp³-hybridized carbons (Fsp3) is 0.300. The van der Waals surface area contributed by atoms with E-state index in [2.05, 4.69) is 15.9 Å². The van der Waals surface area contributed by atoms with Crippen LogP contribution in [-0.2, 0) is 4.79 Å². The predicted octanol–water partition coefficient (Wildman–Crippen LogP) is 2.25. The second-order valence-corrected chi connectivity index (χ2v) is 4.06. The number of nitro benzene ring substituents is 1. The molecule has 1 atom stereocenters. The van der Waals surface area contributed by atoms with Crippen LogP contribution in [0, 0.1) is 10.1 Å². The molecule has 0 fully saturated rings. The van der Waals surface area contributed by atoms with E-state index in [-0.39, 0.29) is 17.2 Å². The fourth-order valence-corrected chi connectivity index (χ4v) is 1.60. The van der Waals surface area contributed by atoms with Crippen molar-refractivity contribution in [3.05, 3.63) is 27.8 Å². The molecular formula is C10H10BrNO5. The summed E-state index contributed by atoms with van der Waals surface area (Å²) in [6.45, 7) is 0. The Hall–Kier alpha value is -1.63. The van der Waals surface area contributed by atoms with Gasteiger partial charge in [-0.25, -0.2) is 0 Å². The van der Waals surface area contributed by atoms with Gasteiger partial charge in [-0.2, -0.15) is 0 Å². The van der Waals surface area contributed by atoms with Crippen LogP contribution in [0.4, 0.5) is 5.69 Å². The summed E-state index contributed by atoms with van der Waals surface area (Å²) in [5.74, 6) is 0.245. The van der Waals surface area contributed by atoms with E-state index in [1.54, 1.807) is 0 Å². The van der Waals surface area contributed by atoms with Gasteiger partial charge in [0, 0.05) is 6.07 Å². The molecule has 0 saturated heterocycles. The van der Waals surface area contributed by atoms with E-state index in [0.717, 1.165) is 0 Å². The molecule has 1 rings (SSSR count). The van der Waals surface area contributed by atoms with Gasteiger partial charge in [0.1, 0.15) is 6.29 Å². The van der Waals surface area contributed by atoms with E-state index < -0.39 is 9.75 Å². The number of aldehydes is 1. The zero-order chi connectivity index (χ0) is 13.0. The molecule has 17 heavy (non-hydrogen) atoms. The maximum atomic E-state index is 10.9. The van der Waals surface area contributed by atoms with Crippen molar-refractivity contribution >= 4 is 27.9 Å². The highest BCUT2D eigenvalue weighted by Gasteiger charge is 2.23. The van der Waals surface area contributed by atoms with Crippen LogP contribution in [0.15, 0.2) is 12.1 Å². The maximum Gasteiger partial charge on any atom is 0.315 e. The topological polar surface area (TPSA) is 78.7 Å². The molecule has 6 nitrogen and oxygen atoms in total. The smallest absolute Gasteiger partial charge is 0.315 e. The van der Waals surface area contributed by atoms with Crippen molar-refractivity contribution in [1.82, 2.24) is 0 Å². The minimum absolute atomic E-state index is 0.0341. The Labute approximate surface area is 106 Å². The number of methoxy groups -OCH3 is 2. The number of alkyl halides is 1. The molecule has 0 radical (unpaired) electrons. The molecule has 0 heterocycles. The summed E-state index contributed by atoms with van der Waals surface area (Å²) in [5.41, 5.74) is 0.192. The fourth-order valence-electron chi connectivity index (χ4n) is 1.34. The molecule has 0 aromatic heterocycles. The molecular weight excluding hydrogens is 294 g/mol. The molecule has 0 N–H and O–H groups in total. The van der Waals surface area contributed by atoms with Crippen molar-refractivity contribution in [3.8, 4) is 11.5 Å². The van der Waals surface area contributed by atoms with Gasteiger partial charge in [0.05, 0.1) is 24.0 Å². The molecule has 0 amide bonds. The first-order valence-electron chi connectivity index (χ1n) is 4.54. The average molecular weight is 304 g/mol. The highest BCUT2D eigenvalue weighted by molar-refractivity contribution is 9.09. The van der Waals surface area contributed by atoms with Crippen molar-refractivity contribution in [2.24, 2.45) is 0 Å². The minimum Gasteiger partial charge on any atom is -0.493 e. The average Bonchev–Trinajstić information content (AvgIpc) is 2.35. The lowest BCUT2D eigenvalue weighted by molar-refractivity contribution is -0.385. The van der Waals surface area contributed by atoms with E-state index >= 15 is 0 Å². The van der Waals surface area contributed by atoms with Gasteiger partial charge in [-0.3, -0.25) is 10.1 Å². The molecule has 0 aliphatic carbocycles. The highest BCUT2D eigenvalue weighted by Crippen LogP contribution is 2.40. The van der Waals surface area contributed by atoms with Gasteiger partial charge in [0.25, 0.3) is 0 Å². The SMILES string of the molecule is COc1cc(C(Br)C=O)cc([N+](=O)[O-])c1OC. The van der Waals surface area contributed by atoms with Gasteiger partial charge in [-0.1, -0.05) is 15.9 Å². The summed E-state index contributed by atoms with van der Waals surface area (Å²) in [6.07, 6.45) is 0.630.